The predicted molar refractivity (Wildman–Crippen MR) is 71.9 cm³/mol. The average Bonchev–Trinajstić information content (AvgIpc) is 3.18. The molecule has 0 aliphatic carbocycles. The number of ether oxygens (including phenoxy) is 1. The van der Waals surface area contributed by atoms with Crippen LogP contribution < -0.4 is 0 Å². The molecule has 1 aromatic carbocycles. The van der Waals surface area contributed by atoms with Crippen LogP contribution in [0.3, 0.4) is 0 Å². The minimum Gasteiger partial charge on any atom is -0.368 e. The zero-order chi connectivity index (χ0) is 13.5. The molecule has 20 heavy (non-hydrogen) atoms. The van der Waals surface area contributed by atoms with Gasteiger partial charge in [-0.15, -0.1) is 0 Å². The second kappa shape index (κ2) is 4.42. The largest absolute Gasteiger partial charge is 0.368 e. The molecule has 0 spiro atoms. The first kappa shape index (κ1) is 11.6. The summed E-state index contributed by atoms with van der Waals surface area (Å²) in [6, 6.07) is 5.97. The maximum absolute atomic E-state index is 5.55. The van der Waals surface area contributed by atoms with Gasteiger partial charge in [0.25, 0.3) is 5.89 Å². The van der Waals surface area contributed by atoms with Crippen LogP contribution in [0.25, 0.3) is 22.4 Å². The molecule has 1 unspecified atom stereocenters. The highest BCUT2D eigenvalue weighted by Gasteiger charge is 2.24. The molecule has 1 atom stereocenters. The Morgan fingerprint density at radius 2 is 2.30 bits per heavy atom. The molecule has 1 fully saturated rings. The number of hydrogen-bond acceptors (Lipinski definition) is 5. The fourth-order valence-corrected chi connectivity index (χ4v) is 2.53. The second-order valence-corrected chi connectivity index (χ2v) is 5.02. The molecule has 1 saturated heterocycles. The highest BCUT2D eigenvalue weighted by molar-refractivity contribution is 5.80. The van der Waals surface area contributed by atoms with Gasteiger partial charge in [-0.05, 0) is 31.0 Å². The number of imidazole rings is 1. The van der Waals surface area contributed by atoms with Crippen molar-refractivity contribution in [3.8, 4) is 11.4 Å². The highest BCUT2D eigenvalue weighted by atomic mass is 16.5. The van der Waals surface area contributed by atoms with Gasteiger partial charge in [0.05, 0.1) is 17.4 Å². The number of benzene rings is 1. The topological polar surface area (TPSA) is 66.0 Å². The lowest BCUT2D eigenvalue weighted by Crippen LogP contribution is -1.95. The third-order valence-corrected chi connectivity index (χ3v) is 3.63. The fourth-order valence-electron chi connectivity index (χ4n) is 2.53. The molecule has 3 aromatic rings. The molecule has 0 N–H and O–H groups in total. The van der Waals surface area contributed by atoms with Crippen LogP contribution in [-0.4, -0.2) is 26.3 Å². The molecule has 1 aliphatic heterocycles. The molecule has 1 aliphatic rings. The van der Waals surface area contributed by atoms with Crippen LogP contribution in [0, 0.1) is 0 Å². The van der Waals surface area contributed by atoms with Crippen molar-refractivity contribution in [3.05, 3.63) is 30.4 Å². The summed E-state index contributed by atoms with van der Waals surface area (Å²) >= 11 is 0. The van der Waals surface area contributed by atoms with Gasteiger partial charge in [-0.3, -0.25) is 0 Å². The first-order valence-corrected chi connectivity index (χ1v) is 6.68. The fraction of sp³-hybridized carbons (Fsp3) is 0.357. The first-order chi connectivity index (χ1) is 9.81. The third-order valence-electron chi connectivity index (χ3n) is 3.63. The van der Waals surface area contributed by atoms with Gasteiger partial charge < -0.3 is 13.8 Å². The van der Waals surface area contributed by atoms with Crippen LogP contribution in [0.15, 0.2) is 29.0 Å². The van der Waals surface area contributed by atoms with Crippen LogP contribution in [0.4, 0.5) is 0 Å². The van der Waals surface area contributed by atoms with E-state index in [0.29, 0.717) is 11.7 Å². The van der Waals surface area contributed by atoms with E-state index >= 15 is 0 Å². The van der Waals surface area contributed by atoms with Gasteiger partial charge in [-0.1, -0.05) is 5.16 Å². The van der Waals surface area contributed by atoms with E-state index in [4.69, 9.17) is 9.26 Å². The van der Waals surface area contributed by atoms with E-state index in [1.807, 2.05) is 29.8 Å². The van der Waals surface area contributed by atoms with Crippen LogP contribution in [0.5, 0.6) is 0 Å². The Hall–Kier alpha value is -2.21. The van der Waals surface area contributed by atoms with Crippen molar-refractivity contribution in [1.29, 1.82) is 0 Å². The molecular formula is C14H14N4O2. The van der Waals surface area contributed by atoms with Crippen molar-refractivity contribution in [1.82, 2.24) is 19.7 Å². The summed E-state index contributed by atoms with van der Waals surface area (Å²) < 4.78 is 12.8. The van der Waals surface area contributed by atoms with Gasteiger partial charge >= 0.3 is 0 Å². The molecular weight excluding hydrogens is 256 g/mol. The van der Waals surface area contributed by atoms with Crippen LogP contribution >= 0.6 is 0 Å². The zero-order valence-electron chi connectivity index (χ0n) is 11.1. The lowest BCUT2D eigenvalue weighted by Gasteiger charge is -2.00. The lowest BCUT2D eigenvalue weighted by molar-refractivity contribution is 0.0835. The van der Waals surface area contributed by atoms with E-state index < -0.39 is 0 Å². The van der Waals surface area contributed by atoms with E-state index in [1.54, 1.807) is 6.33 Å². The van der Waals surface area contributed by atoms with Crippen molar-refractivity contribution < 1.29 is 9.26 Å². The number of nitrogens with zero attached hydrogens (tertiary/aromatic N) is 4. The minimum atomic E-state index is -0.0465. The van der Waals surface area contributed by atoms with Gasteiger partial charge in [0, 0.05) is 19.2 Å². The molecule has 0 saturated carbocycles. The number of fused-ring (bicyclic) bond motifs is 1. The Balaban J connectivity index is 1.71. The molecule has 6 nitrogen and oxygen atoms in total. The zero-order valence-corrected chi connectivity index (χ0v) is 11.1. The third kappa shape index (κ3) is 1.80. The summed E-state index contributed by atoms with van der Waals surface area (Å²) in [5.41, 5.74) is 2.91. The van der Waals surface area contributed by atoms with Crippen LogP contribution in [0.2, 0.25) is 0 Å². The van der Waals surface area contributed by atoms with Gasteiger partial charge in [0.2, 0.25) is 5.82 Å². The van der Waals surface area contributed by atoms with Gasteiger partial charge in [0.15, 0.2) is 0 Å². The Labute approximate surface area is 115 Å². The lowest BCUT2D eigenvalue weighted by atomic mass is 10.2. The van der Waals surface area contributed by atoms with Crippen LogP contribution in [0.1, 0.15) is 24.8 Å². The van der Waals surface area contributed by atoms with E-state index in [9.17, 15) is 0 Å². The molecule has 0 amide bonds. The van der Waals surface area contributed by atoms with Gasteiger partial charge in [-0.25, -0.2) is 4.98 Å². The van der Waals surface area contributed by atoms with Crippen molar-refractivity contribution in [2.24, 2.45) is 7.05 Å². The summed E-state index contributed by atoms with van der Waals surface area (Å²) in [5, 5.41) is 4.04. The second-order valence-electron chi connectivity index (χ2n) is 5.02. The van der Waals surface area contributed by atoms with Crippen molar-refractivity contribution in [2.75, 3.05) is 6.61 Å². The summed E-state index contributed by atoms with van der Waals surface area (Å²) in [6.45, 7) is 0.766. The van der Waals surface area contributed by atoms with E-state index in [2.05, 4.69) is 15.1 Å². The molecule has 2 aromatic heterocycles. The Bertz CT molecular complexity index is 755. The Morgan fingerprint density at radius 1 is 1.35 bits per heavy atom. The summed E-state index contributed by atoms with van der Waals surface area (Å²) in [6.07, 6.45) is 3.74. The van der Waals surface area contributed by atoms with Crippen LogP contribution in [-0.2, 0) is 11.8 Å². The number of rotatable bonds is 2. The molecule has 4 rings (SSSR count). The van der Waals surface area contributed by atoms with E-state index in [-0.39, 0.29) is 6.10 Å². The number of hydrogen-bond donors (Lipinski definition) is 0. The Kier molecular flexibility index (Phi) is 2.56. The maximum atomic E-state index is 5.55. The minimum absolute atomic E-state index is 0.0465. The average molecular weight is 270 g/mol. The molecule has 6 heteroatoms. The molecule has 102 valence electrons. The van der Waals surface area contributed by atoms with Crippen molar-refractivity contribution in [3.63, 3.8) is 0 Å². The van der Waals surface area contributed by atoms with E-state index in [0.717, 1.165) is 36.0 Å². The number of aromatic nitrogens is 4. The highest BCUT2D eigenvalue weighted by Crippen LogP contribution is 2.29. The molecule has 3 heterocycles. The van der Waals surface area contributed by atoms with Gasteiger partial charge in [0.1, 0.15) is 6.10 Å². The van der Waals surface area contributed by atoms with Gasteiger partial charge in [-0.2, -0.15) is 4.98 Å². The van der Waals surface area contributed by atoms with E-state index in [1.165, 1.54) is 0 Å². The summed E-state index contributed by atoms with van der Waals surface area (Å²) in [5.74, 6) is 1.15. The predicted octanol–water partition coefficient (Wildman–Crippen LogP) is 2.47. The molecule has 0 radical (unpaired) electrons. The smallest absolute Gasteiger partial charge is 0.256 e. The van der Waals surface area contributed by atoms with Crippen molar-refractivity contribution >= 4 is 11.0 Å². The monoisotopic (exact) mass is 270 g/mol. The normalized spacial score (nSPS) is 18.9. The summed E-state index contributed by atoms with van der Waals surface area (Å²) in [7, 11) is 1.97. The standard InChI is InChI=1S/C14H14N4O2/c1-18-8-15-10-7-9(4-5-11(10)18)13-16-14(20-17-13)12-3-2-6-19-12/h4-5,7-8,12H,2-3,6H2,1H3. The number of aryl methyl sites for hydroxylation is 1. The Morgan fingerprint density at radius 3 is 3.15 bits per heavy atom. The first-order valence-electron chi connectivity index (χ1n) is 6.68. The molecule has 0 bridgehead atoms. The maximum Gasteiger partial charge on any atom is 0.256 e. The van der Waals surface area contributed by atoms with Crippen molar-refractivity contribution in [2.45, 2.75) is 18.9 Å². The quantitative estimate of drug-likeness (QED) is 0.715. The summed E-state index contributed by atoms with van der Waals surface area (Å²) in [4.78, 5) is 8.78. The SMILES string of the molecule is Cn1cnc2cc(-c3noc(C4CCCO4)n3)ccc21.